The van der Waals surface area contributed by atoms with Gasteiger partial charge < -0.3 is 28.8 Å². The maximum absolute atomic E-state index is 13.1. The fraction of sp³-hybridized carbons (Fsp3) is 0.0571. The normalized spacial score (nSPS) is 19.4. The molecule has 4 amide bonds. The molecular weight excluding hydrogens is 937 g/mol. The molecular formula is C35H22N4Na4O15S4. The van der Waals surface area contributed by atoms with Gasteiger partial charge in [-0.05, 0) is 107 Å². The van der Waals surface area contributed by atoms with Crippen LogP contribution in [0.4, 0.5) is 16.2 Å². The van der Waals surface area contributed by atoms with Gasteiger partial charge in [0.25, 0.3) is 11.8 Å². The smallest absolute Gasteiger partial charge is 0.747 e. The van der Waals surface area contributed by atoms with Crippen LogP contribution in [0.25, 0.3) is 0 Å². The van der Waals surface area contributed by atoms with Crippen LogP contribution in [0.5, 0.6) is 0 Å². The van der Waals surface area contributed by atoms with Crippen LogP contribution in [0.1, 0.15) is 20.7 Å². The summed E-state index contributed by atoms with van der Waals surface area (Å²) < 4.78 is 141. The van der Waals surface area contributed by atoms with Crippen molar-refractivity contribution in [2.45, 2.75) is 10.5 Å². The van der Waals surface area contributed by atoms with Gasteiger partial charge in [-0.15, -0.1) is 0 Å². The molecule has 6 rings (SSSR count). The first-order valence-electron chi connectivity index (χ1n) is 16.0. The van der Waals surface area contributed by atoms with Crippen LogP contribution in [0.2, 0.25) is 0 Å². The first-order valence-corrected chi connectivity index (χ1v) is 21.7. The first kappa shape index (κ1) is 56.1. The largest absolute Gasteiger partial charge is 1.00 e. The molecule has 0 saturated carbocycles. The Morgan fingerprint density at radius 2 is 0.871 bits per heavy atom. The van der Waals surface area contributed by atoms with Crippen molar-refractivity contribution in [2.24, 2.45) is 9.98 Å². The van der Waals surface area contributed by atoms with E-state index < -0.39 is 78.6 Å². The summed E-state index contributed by atoms with van der Waals surface area (Å²) in [5.74, 6) is -1.73. The number of amides is 4. The maximum Gasteiger partial charge on any atom is 1.00 e. The number of fused-ring (bicyclic) bond motifs is 2. The van der Waals surface area contributed by atoms with Gasteiger partial charge in [-0.25, -0.2) is 48.5 Å². The van der Waals surface area contributed by atoms with Crippen molar-refractivity contribution in [2.75, 3.05) is 10.6 Å². The van der Waals surface area contributed by atoms with Crippen molar-refractivity contribution in [3.05, 3.63) is 153 Å². The number of nitrogens with zero attached hydrogens (tertiary/aromatic N) is 2. The number of aliphatic imine (C=N–C) groups is 2. The predicted molar refractivity (Wildman–Crippen MR) is 202 cm³/mol. The Balaban J connectivity index is 0.00000331. The third-order valence-corrected chi connectivity index (χ3v) is 12.1. The fourth-order valence-corrected chi connectivity index (χ4v) is 8.78. The van der Waals surface area contributed by atoms with Gasteiger partial charge in [0.15, 0.2) is 0 Å². The molecule has 0 spiro atoms. The molecule has 0 aliphatic heterocycles. The molecule has 4 aliphatic rings. The van der Waals surface area contributed by atoms with Gasteiger partial charge in [0, 0.05) is 22.5 Å². The molecule has 2 aromatic carbocycles. The van der Waals surface area contributed by atoms with Crippen LogP contribution >= 0.6 is 0 Å². The summed E-state index contributed by atoms with van der Waals surface area (Å²) in [4.78, 5) is 45.0. The molecule has 27 heteroatoms. The molecule has 4 aliphatic carbocycles. The molecule has 2 aromatic rings. The third-order valence-electron chi connectivity index (χ3n) is 8.38. The third kappa shape index (κ3) is 14.0. The van der Waals surface area contributed by atoms with Gasteiger partial charge in [-0.2, -0.15) is 0 Å². The van der Waals surface area contributed by atoms with E-state index in [1.165, 1.54) is 72.8 Å². The molecule has 0 bridgehead atoms. The Kier molecular flexibility index (Phi) is 19.9. The Morgan fingerprint density at radius 1 is 0.516 bits per heavy atom. The number of benzene rings is 2. The molecule has 0 heterocycles. The fourth-order valence-electron chi connectivity index (χ4n) is 5.81. The van der Waals surface area contributed by atoms with Crippen molar-refractivity contribution in [1.29, 1.82) is 0 Å². The summed E-state index contributed by atoms with van der Waals surface area (Å²) in [6, 6.07) is 10.1. The minimum atomic E-state index is -5.20. The van der Waals surface area contributed by atoms with Gasteiger partial charge >= 0.3 is 124 Å². The Hall–Kier alpha value is -2.05. The molecule has 300 valence electrons. The van der Waals surface area contributed by atoms with Gasteiger partial charge in [0.2, 0.25) is 0 Å². The number of carbonyl (C=O) groups is 3. The zero-order valence-corrected chi connectivity index (χ0v) is 44.0. The summed E-state index contributed by atoms with van der Waals surface area (Å²) in [7, 11) is -20.6. The Morgan fingerprint density at radius 3 is 1.19 bits per heavy atom. The van der Waals surface area contributed by atoms with Crippen LogP contribution < -0.4 is 129 Å². The SMILES string of the molecule is O=C(Nc1cccc(C(=O)N=C2C=CC3=CC(S(=O)(=O)[O-])=CC(S(=O)(=O)[O-])C3=C2)c1)Nc1cccc(C(=O)N=C2C=CC3=CC(S(=O)(=O)[O-])=CC(S(=O)(=O)[O-])C3=C2)c1.[Na+].[Na+].[Na+].[Na+]. The number of hydrogen-bond donors (Lipinski definition) is 2. The summed E-state index contributed by atoms with van der Waals surface area (Å²) in [6.07, 6.45) is 9.79. The molecule has 0 fully saturated rings. The standard InChI is InChI=1S/C35H26N4O15S4.4Na/c40-33(36-25-9-7-19-13-27(55(43,44)45)17-31(29(19)15-25)57(49,50)51)21-3-1-5-23(11-21)38-35(42)39-24-6-2-4-22(12-24)34(41)37-26-10-8-20-14-28(56(46,47)48)18-32(30(20)16-26)58(52,53)54;;;;/h1-18,31-32H,(H2,38,39,42)(H,43,44,45)(H,46,47,48)(H,49,50,51)(H,52,53,54);;;;/q;4*+1/p-4. The number of rotatable bonds is 8. The van der Waals surface area contributed by atoms with Crippen molar-refractivity contribution in [3.8, 4) is 0 Å². The summed E-state index contributed by atoms with van der Waals surface area (Å²) >= 11 is 0. The van der Waals surface area contributed by atoms with Crippen LogP contribution in [0.15, 0.2) is 151 Å². The molecule has 19 nitrogen and oxygen atoms in total. The minimum Gasteiger partial charge on any atom is -0.747 e. The van der Waals surface area contributed by atoms with Crippen molar-refractivity contribution < 1.29 is 184 Å². The number of nitrogens with one attached hydrogen (secondary N) is 2. The zero-order valence-electron chi connectivity index (χ0n) is 32.7. The second-order valence-electron chi connectivity index (χ2n) is 12.4. The van der Waals surface area contributed by atoms with Gasteiger partial charge in [0.05, 0.1) is 31.7 Å². The van der Waals surface area contributed by atoms with Crippen molar-refractivity contribution >= 4 is 81.1 Å². The van der Waals surface area contributed by atoms with E-state index in [1.807, 2.05) is 0 Å². The molecule has 2 atom stereocenters. The van der Waals surface area contributed by atoms with E-state index in [-0.39, 0.29) is 174 Å². The van der Waals surface area contributed by atoms with Crippen LogP contribution in [0, 0.1) is 0 Å². The number of anilines is 2. The summed E-state index contributed by atoms with van der Waals surface area (Å²) in [5, 5.41) is 0.902. The molecule has 62 heavy (non-hydrogen) atoms. The molecule has 0 aromatic heterocycles. The van der Waals surface area contributed by atoms with E-state index in [2.05, 4.69) is 20.6 Å². The average molecular weight is 959 g/mol. The minimum absolute atomic E-state index is 0. The van der Waals surface area contributed by atoms with E-state index in [4.69, 9.17) is 0 Å². The van der Waals surface area contributed by atoms with Crippen LogP contribution in [-0.4, -0.2) is 91.7 Å². The molecule has 2 N–H and O–H groups in total. The van der Waals surface area contributed by atoms with Gasteiger partial charge in [-0.1, -0.05) is 24.3 Å². The maximum atomic E-state index is 13.1. The van der Waals surface area contributed by atoms with Crippen molar-refractivity contribution in [1.82, 2.24) is 0 Å². The zero-order chi connectivity index (χ0) is 42.4. The summed E-state index contributed by atoms with van der Waals surface area (Å²) in [6.45, 7) is 0. The number of allylic oxidation sites excluding steroid dienone is 10. The summed E-state index contributed by atoms with van der Waals surface area (Å²) in [5.41, 5.74) is -0.643. The number of hydrogen-bond acceptors (Lipinski definition) is 15. The monoisotopic (exact) mass is 958 g/mol. The first-order chi connectivity index (χ1) is 27.0. The quantitative estimate of drug-likeness (QED) is 0.183. The molecule has 0 saturated heterocycles. The number of urea groups is 1. The molecule has 2 unspecified atom stereocenters. The average Bonchev–Trinajstić information content (AvgIpc) is 3.12. The molecule has 0 radical (unpaired) electrons. The van der Waals surface area contributed by atoms with Gasteiger partial charge in [-0.3, -0.25) is 9.59 Å². The second-order valence-corrected chi connectivity index (χ2v) is 18.1. The second kappa shape index (κ2) is 22.0. The number of carbonyl (C=O) groups excluding carboxylic acids is 3. The topological polar surface area (TPSA) is 329 Å². The van der Waals surface area contributed by atoms with E-state index >= 15 is 0 Å². The van der Waals surface area contributed by atoms with E-state index in [0.29, 0.717) is 12.2 Å². The predicted octanol–water partition coefficient (Wildman–Crippen LogP) is -9.93. The van der Waals surface area contributed by atoms with E-state index in [0.717, 1.165) is 24.3 Å². The van der Waals surface area contributed by atoms with Crippen molar-refractivity contribution in [3.63, 3.8) is 0 Å². The van der Waals surface area contributed by atoms with E-state index in [1.54, 1.807) is 0 Å². The Bertz CT molecular complexity index is 2820. The van der Waals surface area contributed by atoms with Crippen LogP contribution in [0.3, 0.4) is 0 Å². The van der Waals surface area contributed by atoms with Gasteiger partial charge in [0.1, 0.15) is 40.5 Å². The van der Waals surface area contributed by atoms with Crippen LogP contribution in [-0.2, 0) is 40.5 Å². The Labute approximate surface area is 443 Å². The van der Waals surface area contributed by atoms with E-state index in [9.17, 15) is 66.3 Å².